The predicted octanol–water partition coefficient (Wildman–Crippen LogP) is 4.63. The summed E-state index contributed by atoms with van der Waals surface area (Å²) in [5, 5.41) is 4.70. The lowest BCUT2D eigenvalue weighted by Gasteiger charge is -2.11. The second-order valence-electron chi connectivity index (χ2n) is 5.52. The summed E-state index contributed by atoms with van der Waals surface area (Å²) in [6, 6.07) is 14.1. The minimum absolute atomic E-state index is 0.225. The van der Waals surface area contributed by atoms with Gasteiger partial charge in [-0.3, -0.25) is 0 Å². The minimum Gasteiger partial charge on any atom is -0.237 e. The van der Waals surface area contributed by atoms with Gasteiger partial charge in [-0.25, -0.2) is 8.91 Å². The first kappa shape index (κ1) is 13.8. The number of aryl methyl sites for hydroxylation is 1. The Morgan fingerprint density at radius 1 is 1.14 bits per heavy atom. The fourth-order valence-electron chi connectivity index (χ4n) is 2.47. The highest BCUT2D eigenvalue weighted by Gasteiger charge is 2.13. The summed E-state index contributed by atoms with van der Waals surface area (Å²) >= 11 is 0. The summed E-state index contributed by atoms with van der Waals surface area (Å²) in [5.74, 6) is 0.0678. The summed E-state index contributed by atoms with van der Waals surface area (Å²) < 4.78 is 15.1. The molecule has 2 nitrogen and oxygen atoms in total. The monoisotopic (exact) mass is 281 g/mol. The first-order valence-electron chi connectivity index (χ1n) is 7.30. The van der Waals surface area contributed by atoms with Gasteiger partial charge in [0.25, 0.3) is 0 Å². The summed E-state index contributed by atoms with van der Waals surface area (Å²) in [6.07, 6.45) is 0.922. The molecule has 3 rings (SSSR count). The lowest BCUT2D eigenvalue weighted by Crippen LogP contribution is -2.04. The van der Waals surface area contributed by atoms with Gasteiger partial charge in [0.2, 0.25) is 0 Å². The van der Waals surface area contributed by atoms with Crippen molar-refractivity contribution in [3.05, 3.63) is 59.7 Å². The van der Waals surface area contributed by atoms with Crippen LogP contribution >= 0.6 is 0 Å². The summed E-state index contributed by atoms with van der Waals surface area (Å²) in [6.45, 7) is 6.33. The molecule has 0 saturated heterocycles. The van der Waals surface area contributed by atoms with E-state index in [0.717, 1.165) is 28.8 Å². The fourth-order valence-corrected chi connectivity index (χ4v) is 2.47. The van der Waals surface area contributed by atoms with Crippen molar-refractivity contribution in [3.63, 3.8) is 0 Å². The van der Waals surface area contributed by atoms with E-state index in [-0.39, 0.29) is 5.82 Å². The highest BCUT2D eigenvalue weighted by atomic mass is 19.1. The van der Waals surface area contributed by atoms with E-state index in [1.165, 1.54) is 17.8 Å². The number of aromatic nitrogens is 2. The number of rotatable bonds is 3. The molecule has 0 bridgehead atoms. The van der Waals surface area contributed by atoms with Gasteiger partial charge in [-0.2, -0.15) is 5.10 Å². The van der Waals surface area contributed by atoms with E-state index in [4.69, 9.17) is 5.10 Å². The van der Waals surface area contributed by atoms with E-state index in [1.54, 1.807) is 12.1 Å². The van der Waals surface area contributed by atoms with Crippen molar-refractivity contribution >= 4 is 5.52 Å². The third-order valence-electron chi connectivity index (χ3n) is 3.69. The molecule has 0 fully saturated rings. The first-order valence-corrected chi connectivity index (χ1v) is 7.30. The molecule has 0 N–H and O–H groups in total. The Morgan fingerprint density at radius 3 is 2.48 bits per heavy atom. The van der Waals surface area contributed by atoms with Crippen LogP contribution in [0.3, 0.4) is 0 Å². The van der Waals surface area contributed by atoms with Crippen LogP contribution in [-0.4, -0.2) is 9.61 Å². The lowest BCUT2D eigenvalue weighted by molar-refractivity contribution is 0.628. The predicted molar refractivity (Wildman–Crippen MR) is 82.9 cm³/mol. The summed E-state index contributed by atoms with van der Waals surface area (Å²) in [4.78, 5) is 0. The molecular formula is C18H18FN2. The molecule has 1 radical (unpaired) electrons. The van der Waals surface area contributed by atoms with Gasteiger partial charge >= 0.3 is 0 Å². The summed E-state index contributed by atoms with van der Waals surface area (Å²) in [7, 11) is 0. The van der Waals surface area contributed by atoms with Crippen molar-refractivity contribution in [2.45, 2.75) is 33.1 Å². The van der Waals surface area contributed by atoms with Crippen molar-refractivity contribution < 1.29 is 4.39 Å². The van der Waals surface area contributed by atoms with E-state index < -0.39 is 0 Å². The number of halogens is 1. The molecule has 21 heavy (non-hydrogen) atoms. The van der Waals surface area contributed by atoms with Crippen molar-refractivity contribution in [1.82, 2.24) is 9.61 Å². The van der Waals surface area contributed by atoms with E-state index >= 15 is 0 Å². The largest absolute Gasteiger partial charge is 0.237 e. The van der Waals surface area contributed by atoms with Crippen molar-refractivity contribution in [2.75, 3.05) is 0 Å². The normalized spacial score (nSPS) is 11.5. The maximum atomic E-state index is 13.2. The van der Waals surface area contributed by atoms with E-state index in [9.17, 15) is 4.39 Å². The second-order valence-corrected chi connectivity index (χ2v) is 5.52. The van der Waals surface area contributed by atoms with Gasteiger partial charge in [0, 0.05) is 17.3 Å². The van der Waals surface area contributed by atoms with Crippen LogP contribution in [0.1, 0.15) is 38.1 Å². The van der Waals surface area contributed by atoms with Gasteiger partial charge in [0.15, 0.2) is 0 Å². The van der Waals surface area contributed by atoms with Crippen molar-refractivity contribution in [2.24, 2.45) is 0 Å². The number of hydrogen-bond donors (Lipinski definition) is 0. The standard InChI is InChI=1S/C18H18FN2/c1-4-15-9-10-18-16(13-5-7-14(19)8-6-13)11-17(12(2)3)20-21(15)18/h5-10,12H,4H2,1-3H3. The van der Waals surface area contributed by atoms with Gasteiger partial charge in [-0.15, -0.1) is 0 Å². The number of hydrogen-bond acceptors (Lipinski definition) is 1. The summed E-state index contributed by atoms with van der Waals surface area (Å²) in [5.41, 5.74) is 5.06. The molecule has 0 spiro atoms. The van der Waals surface area contributed by atoms with Gasteiger partial charge in [0.1, 0.15) is 5.82 Å². The maximum absolute atomic E-state index is 13.2. The van der Waals surface area contributed by atoms with Gasteiger partial charge in [0.05, 0.1) is 11.2 Å². The lowest BCUT2D eigenvalue weighted by atomic mass is 10.0. The van der Waals surface area contributed by atoms with Crippen LogP contribution in [0.4, 0.5) is 4.39 Å². The quantitative estimate of drug-likeness (QED) is 0.684. The first-order chi connectivity index (χ1) is 10.1. The van der Waals surface area contributed by atoms with Crippen LogP contribution < -0.4 is 0 Å². The Labute approximate surface area is 124 Å². The molecule has 2 aromatic heterocycles. The Kier molecular flexibility index (Phi) is 3.50. The number of nitrogens with zero attached hydrogens (tertiary/aromatic N) is 2. The fraction of sp³-hybridized carbons (Fsp3) is 0.278. The molecule has 0 saturated carbocycles. The van der Waals surface area contributed by atoms with E-state index in [2.05, 4.69) is 39.0 Å². The molecule has 0 aliphatic rings. The van der Waals surface area contributed by atoms with Crippen molar-refractivity contribution in [3.8, 4) is 11.1 Å². The molecule has 0 unspecified atom stereocenters. The van der Waals surface area contributed by atoms with Gasteiger partial charge < -0.3 is 0 Å². The highest BCUT2D eigenvalue weighted by molar-refractivity contribution is 5.80. The molecule has 0 aliphatic heterocycles. The molecule has 107 valence electrons. The van der Waals surface area contributed by atoms with Gasteiger partial charge in [-0.05, 0) is 42.2 Å². The van der Waals surface area contributed by atoms with Crippen LogP contribution in [0.25, 0.3) is 16.6 Å². The average Bonchev–Trinajstić information content (AvgIpc) is 2.90. The average molecular weight is 281 g/mol. The Morgan fingerprint density at radius 2 is 1.86 bits per heavy atom. The van der Waals surface area contributed by atoms with Crippen molar-refractivity contribution in [1.29, 1.82) is 0 Å². The molecule has 3 heteroatoms. The molecule has 1 aromatic carbocycles. The Balaban J connectivity index is 2.29. The minimum atomic E-state index is -0.225. The second kappa shape index (κ2) is 5.32. The molecule has 3 aromatic rings. The van der Waals surface area contributed by atoms with Crippen LogP contribution in [0, 0.1) is 11.9 Å². The van der Waals surface area contributed by atoms with Crippen LogP contribution in [0.5, 0.6) is 0 Å². The third kappa shape index (κ3) is 2.44. The molecule has 0 aliphatic carbocycles. The maximum Gasteiger partial charge on any atom is 0.123 e. The van der Waals surface area contributed by atoms with E-state index in [0.29, 0.717) is 5.92 Å². The number of benzene rings is 1. The number of fused-ring (bicyclic) bond motifs is 1. The highest BCUT2D eigenvalue weighted by Crippen LogP contribution is 2.28. The Hall–Kier alpha value is -2.16. The molecular weight excluding hydrogens is 263 g/mol. The zero-order valence-electron chi connectivity index (χ0n) is 12.5. The van der Waals surface area contributed by atoms with Crippen LogP contribution in [-0.2, 0) is 6.42 Å². The topological polar surface area (TPSA) is 17.3 Å². The molecule has 0 atom stereocenters. The zero-order chi connectivity index (χ0) is 15.0. The zero-order valence-corrected chi connectivity index (χ0v) is 12.5. The van der Waals surface area contributed by atoms with Crippen LogP contribution in [0.2, 0.25) is 0 Å². The SMILES string of the molecule is CCc1ccc2c(-c3ccc(F)cc3)[c]c(C(C)C)nn12. The van der Waals surface area contributed by atoms with E-state index in [1.807, 2.05) is 4.52 Å². The molecule has 2 heterocycles. The third-order valence-corrected chi connectivity index (χ3v) is 3.69. The van der Waals surface area contributed by atoms with Crippen LogP contribution in [0.15, 0.2) is 36.4 Å². The van der Waals surface area contributed by atoms with Gasteiger partial charge in [-0.1, -0.05) is 32.9 Å². The Bertz CT molecular complexity index is 770. The smallest absolute Gasteiger partial charge is 0.123 e. The molecule has 0 amide bonds.